The van der Waals surface area contributed by atoms with Gasteiger partial charge in [-0.3, -0.25) is 9.59 Å². The van der Waals surface area contributed by atoms with E-state index in [4.69, 9.17) is 4.74 Å². The van der Waals surface area contributed by atoms with E-state index in [1.165, 1.54) is 0 Å². The molecule has 0 aromatic heterocycles. The number of thioether (sulfide) groups is 1. The minimum absolute atomic E-state index is 0.190. The molecule has 40 heavy (non-hydrogen) atoms. The SMILES string of the molecule is CCCCCNC(=O)C(c1ccc(C)c(C)c1)N(C(=O)C(CCSC)NC(=O)OC(C)(C)C)C(C)CCC(C)C. The fourth-order valence-corrected chi connectivity index (χ4v) is 4.96. The average Bonchev–Trinajstić information content (AvgIpc) is 2.86. The summed E-state index contributed by atoms with van der Waals surface area (Å²) < 4.78 is 5.51. The zero-order valence-electron chi connectivity index (χ0n) is 26.7. The summed E-state index contributed by atoms with van der Waals surface area (Å²) in [7, 11) is 0. The summed E-state index contributed by atoms with van der Waals surface area (Å²) in [5.74, 6) is 0.681. The smallest absolute Gasteiger partial charge is 0.408 e. The van der Waals surface area contributed by atoms with Gasteiger partial charge in [-0.2, -0.15) is 11.8 Å². The van der Waals surface area contributed by atoms with E-state index in [-0.39, 0.29) is 17.9 Å². The first-order valence-electron chi connectivity index (χ1n) is 14.9. The summed E-state index contributed by atoms with van der Waals surface area (Å²) in [6.45, 7) is 18.5. The van der Waals surface area contributed by atoms with Crippen molar-refractivity contribution in [1.29, 1.82) is 0 Å². The van der Waals surface area contributed by atoms with Crippen LogP contribution in [-0.4, -0.2) is 59.0 Å². The molecule has 8 heteroatoms. The Morgan fingerprint density at radius 1 is 1.00 bits per heavy atom. The van der Waals surface area contributed by atoms with Crippen molar-refractivity contribution in [2.24, 2.45) is 5.92 Å². The maximum atomic E-state index is 14.5. The minimum Gasteiger partial charge on any atom is -0.444 e. The highest BCUT2D eigenvalue weighted by Gasteiger charge is 2.38. The maximum Gasteiger partial charge on any atom is 0.408 e. The van der Waals surface area contributed by atoms with E-state index >= 15 is 0 Å². The minimum atomic E-state index is -0.814. The first kappa shape index (κ1) is 35.8. The Morgan fingerprint density at radius 2 is 1.68 bits per heavy atom. The highest BCUT2D eigenvalue weighted by Crippen LogP contribution is 2.29. The highest BCUT2D eigenvalue weighted by atomic mass is 32.2. The van der Waals surface area contributed by atoms with Crippen LogP contribution in [0.15, 0.2) is 18.2 Å². The Labute approximate surface area is 248 Å². The van der Waals surface area contributed by atoms with Crippen LogP contribution in [0.5, 0.6) is 0 Å². The third-order valence-corrected chi connectivity index (χ3v) is 7.59. The van der Waals surface area contributed by atoms with Crippen LogP contribution in [0.1, 0.15) is 110 Å². The number of ether oxygens (including phenoxy) is 1. The number of rotatable bonds is 16. The average molecular weight is 578 g/mol. The molecule has 0 saturated heterocycles. The van der Waals surface area contributed by atoms with E-state index in [0.717, 1.165) is 48.8 Å². The van der Waals surface area contributed by atoms with E-state index in [1.807, 2.05) is 45.2 Å². The van der Waals surface area contributed by atoms with Crippen molar-refractivity contribution in [3.63, 3.8) is 0 Å². The predicted molar refractivity (Wildman–Crippen MR) is 168 cm³/mol. The van der Waals surface area contributed by atoms with Crippen LogP contribution >= 0.6 is 11.8 Å². The largest absolute Gasteiger partial charge is 0.444 e. The van der Waals surface area contributed by atoms with Gasteiger partial charge in [0, 0.05) is 12.6 Å². The lowest BCUT2D eigenvalue weighted by Crippen LogP contribution is -2.55. The quantitative estimate of drug-likeness (QED) is 0.208. The molecule has 0 fully saturated rings. The molecule has 7 nitrogen and oxygen atoms in total. The first-order chi connectivity index (χ1) is 18.7. The van der Waals surface area contributed by atoms with Crippen molar-refractivity contribution >= 4 is 29.7 Å². The number of nitrogens with zero attached hydrogens (tertiary/aromatic N) is 1. The lowest BCUT2D eigenvalue weighted by molar-refractivity contribution is -0.145. The van der Waals surface area contributed by atoms with Crippen molar-refractivity contribution in [3.05, 3.63) is 34.9 Å². The van der Waals surface area contributed by atoms with Gasteiger partial charge in [0.2, 0.25) is 11.8 Å². The summed E-state index contributed by atoms with van der Waals surface area (Å²) in [4.78, 5) is 42.9. The number of unbranched alkanes of at least 4 members (excludes halogenated alkanes) is 2. The van der Waals surface area contributed by atoms with Crippen LogP contribution in [0.4, 0.5) is 4.79 Å². The van der Waals surface area contributed by atoms with E-state index in [2.05, 4.69) is 31.4 Å². The molecule has 3 atom stereocenters. The highest BCUT2D eigenvalue weighted by molar-refractivity contribution is 7.98. The Kier molecular flexibility index (Phi) is 15.7. The van der Waals surface area contributed by atoms with Crippen LogP contribution in [0.25, 0.3) is 0 Å². The third-order valence-electron chi connectivity index (χ3n) is 6.94. The van der Waals surface area contributed by atoms with Gasteiger partial charge < -0.3 is 20.3 Å². The summed E-state index contributed by atoms with van der Waals surface area (Å²) >= 11 is 1.61. The molecular weight excluding hydrogens is 522 g/mol. The van der Waals surface area contributed by atoms with Gasteiger partial charge in [0.05, 0.1) is 0 Å². The normalized spacial score (nSPS) is 13.9. The maximum absolute atomic E-state index is 14.5. The molecule has 3 unspecified atom stereocenters. The lowest BCUT2D eigenvalue weighted by Gasteiger charge is -2.39. The Hall–Kier alpha value is -2.22. The number of alkyl carbamates (subject to hydrolysis) is 1. The van der Waals surface area contributed by atoms with Crippen molar-refractivity contribution in [1.82, 2.24) is 15.5 Å². The number of carbonyl (C=O) groups excluding carboxylic acids is 3. The molecule has 2 N–H and O–H groups in total. The van der Waals surface area contributed by atoms with Gasteiger partial charge in [0.1, 0.15) is 17.7 Å². The fourth-order valence-electron chi connectivity index (χ4n) is 4.49. The van der Waals surface area contributed by atoms with E-state index in [0.29, 0.717) is 24.6 Å². The molecule has 1 aromatic carbocycles. The lowest BCUT2D eigenvalue weighted by atomic mass is 9.95. The molecule has 0 bridgehead atoms. The van der Waals surface area contributed by atoms with Gasteiger partial charge in [-0.05, 0) is 102 Å². The van der Waals surface area contributed by atoms with E-state index < -0.39 is 23.8 Å². The molecule has 0 spiro atoms. The van der Waals surface area contributed by atoms with Crippen molar-refractivity contribution < 1.29 is 19.1 Å². The predicted octanol–water partition coefficient (Wildman–Crippen LogP) is 6.95. The molecule has 1 rings (SSSR count). The zero-order chi connectivity index (χ0) is 30.5. The number of nitrogens with one attached hydrogen (secondary N) is 2. The molecule has 3 amide bonds. The van der Waals surface area contributed by atoms with Crippen LogP contribution in [0, 0.1) is 19.8 Å². The molecule has 1 aromatic rings. The topological polar surface area (TPSA) is 87.7 Å². The van der Waals surface area contributed by atoms with Crippen molar-refractivity contribution in [3.8, 4) is 0 Å². The number of amides is 3. The number of hydrogen-bond donors (Lipinski definition) is 2. The number of carbonyl (C=O) groups is 3. The summed E-state index contributed by atoms with van der Waals surface area (Å²) in [6.07, 6.45) is 6.40. The van der Waals surface area contributed by atoms with Gasteiger partial charge in [-0.15, -0.1) is 0 Å². The first-order valence-corrected chi connectivity index (χ1v) is 16.3. The van der Waals surface area contributed by atoms with Gasteiger partial charge in [-0.1, -0.05) is 51.8 Å². The molecular formula is C32H55N3O4S. The second kappa shape index (κ2) is 17.6. The van der Waals surface area contributed by atoms with E-state index in [1.54, 1.807) is 37.4 Å². The standard InChI is InChI=1S/C32H55N3O4S/c1-11-12-13-19-33-29(36)28(26-17-15-23(4)24(5)21-26)35(25(6)16-14-22(2)3)30(37)27(18-20-40-10)34-31(38)39-32(7,8)9/h15,17,21-22,25,27-28H,11-14,16,18-20H2,1-10H3,(H,33,36)(H,34,38). The molecule has 0 heterocycles. The van der Waals surface area contributed by atoms with Crippen LogP contribution in [0.2, 0.25) is 0 Å². The monoisotopic (exact) mass is 577 g/mol. The van der Waals surface area contributed by atoms with Gasteiger partial charge in [-0.25, -0.2) is 4.79 Å². The Bertz CT molecular complexity index is 945. The molecule has 0 radical (unpaired) electrons. The summed E-state index contributed by atoms with van der Waals surface area (Å²) in [5, 5.41) is 5.95. The van der Waals surface area contributed by atoms with Crippen LogP contribution in [0.3, 0.4) is 0 Å². The second-order valence-corrected chi connectivity index (χ2v) is 13.3. The fraction of sp³-hybridized carbons (Fsp3) is 0.719. The molecule has 228 valence electrons. The Balaban J connectivity index is 3.59. The van der Waals surface area contributed by atoms with Crippen LogP contribution in [-0.2, 0) is 14.3 Å². The summed E-state index contributed by atoms with van der Waals surface area (Å²) in [6, 6.07) is 4.12. The molecule has 0 aliphatic heterocycles. The third kappa shape index (κ3) is 12.5. The van der Waals surface area contributed by atoms with E-state index in [9.17, 15) is 14.4 Å². The number of aryl methyl sites for hydroxylation is 2. The van der Waals surface area contributed by atoms with Gasteiger partial charge in [0.15, 0.2) is 0 Å². The number of benzene rings is 1. The second-order valence-electron chi connectivity index (χ2n) is 12.3. The molecule has 0 aliphatic rings. The summed E-state index contributed by atoms with van der Waals surface area (Å²) in [5.41, 5.74) is 2.28. The van der Waals surface area contributed by atoms with Crippen molar-refractivity contribution in [2.75, 3.05) is 18.6 Å². The van der Waals surface area contributed by atoms with Gasteiger partial charge >= 0.3 is 6.09 Å². The van der Waals surface area contributed by atoms with Crippen molar-refractivity contribution in [2.45, 2.75) is 125 Å². The zero-order valence-corrected chi connectivity index (χ0v) is 27.5. The number of hydrogen-bond acceptors (Lipinski definition) is 5. The molecule has 0 saturated carbocycles. The van der Waals surface area contributed by atoms with Gasteiger partial charge in [0.25, 0.3) is 0 Å². The molecule has 0 aliphatic carbocycles. The Morgan fingerprint density at radius 3 is 2.23 bits per heavy atom. The van der Waals surface area contributed by atoms with Crippen LogP contribution < -0.4 is 10.6 Å².